The first-order valence-electron chi connectivity index (χ1n) is 6.29. The summed E-state index contributed by atoms with van der Waals surface area (Å²) in [6, 6.07) is 1.33. The van der Waals surface area contributed by atoms with Gasteiger partial charge < -0.3 is 15.6 Å². The Labute approximate surface area is 116 Å². The van der Waals surface area contributed by atoms with Crippen molar-refractivity contribution in [1.82, 2.24) is 0 Å². The van der Waals surface area contributed by atoms with Crippen LogP contribution in [0.1, 0.15) is 30.0 Å². The van der Waals surface area contributed by atoms with Crippen LogP contribution in [0.2, 0.25) is 0 Å². The van der Waals surface area contributed by atoms with Gasteiger partial charge in [0.25, 0.3) is 0 Å². The molecule has 6 heteroatoms. The molecule has 1 rings (SSSR count). The Morgan fingerprint density at radius 1 is 1.25 bits per heavy atom. The van der Waals surface area contributed by atoms with Crippen molar-refractivity contribution in [3.8, 4) is 5.75 Å². The van der Waals surface area contributed by atoms with Gasteiger partial charge in [0.2, 0.25) is 5.60 Å². The topological polar surface area (TPSA) is 55.5 Å². The lowest BCUT2D eigenvalue weighted by molar-refractivity contribution is -0.275. The smallest absolute Gasteiger partial charge is 0.423 e. The van der Waals surface area contributed by atoms with E-state index >= 15 is 0 Å². The Bertz CT molecular complexity index is 488. The molecule has 0 heterocycles. The molecule has 2 atom stereocenters. The molecule has 0 saturated carbocycles. The van der Waals surface area contributed by atoms with Crippen LogP contribution < -0.4 is 10.5 Å². The quantitative estimate of drug-likeness (QED) is 0.897. The molecule has 0 aliphatic carbocycles. The second-order valence-corrected chi connectivity index (χ2v) is 4.92. The largest absolute Gasteiger partial charge is 0.496 e. The van der Waals surface area contributed by atoms with Gasteiger partial charge in [-0.05, 0) is 49.1 Å². The van der Waals surface area contributed by atoms with E-state index in [1.165, 1.54) is 33.1 Å². The number of halogens is 3. The molecule has 1 aromatic rings. The minimum atomic E-state index is -4.85. The zero-order chi connectivity index (χ0) is 15.7. The van der Waals surface area contributed by atoms with Crippen LogP contribution in [0.3, 0.4) is 0 Å². The van der Waals surface area contributed by atoms with Crippen molar-refractivity contribution in [2.24, 2.45) is 5.73 Å². The first kappa shape index (κ1) is 16.8. The Balaban J connectivity index is 3.55. The second kappa shape index (κ2) is 5.61. The van der Waals surface area contributed by atoms with E-state index < -0.39 is 17.8 Å². The maximum absolute atomic E-state index is 13.4. The summed E-state index contributed by atoms with van der Waals surface area (Å²) in [6.45, 7) is 4.62. The predicted octanol–water partition coefficient (Wildman–Crippen LogP) is 2.80. The minimum absolute atomic E-state index is 0.000523. The van der Waals surface area contributed by atoms with Crippen molar-refractivity contribution >= 4 is 0 Å². The van der Waals surface area contributed by atoms with Gasteiger partial charge in [-0.15, -0.1) is 0 Å². The molecule has 0 aromatic heterocycles. The highest BCUT2D eigenvalue weighted by atomic mass is 19.4. The number of hydrogen-bond acceptors (Lipinski definition) is 3. The SMILES string of the molecule is CCC(N)C(O)(c1cc(C)c(OC)cc1C)C(F)(F)F. The third-order valence-electron chi connectivity index (χ3n) is 3.56. The summed E-state index contributed by atoms with van der Waals surface area (Å²) in [5, 5.41) is 10.3. The lowest BCUT2D eigenvalue weighted by atomic mass is 9.81. The summed E-state index contributed by atoms with van der Waals surface area (Å²) < 4.78 is 45.2. The molecule has 3 N–H and O–H groups in total. The van der Waals surface area contributed by atoms with E-state index in [9.17, 15) is 18.3 Å². The third-order valence-corrected chi connectivity index (χ3v) is 3.56. The average molecular weight is 291 g/mol. The van der Waals surface area contributed by atoms with Gasteiger partial charge in [0.15, 0.2) is 0 Å². The number of hydrogen-bond donors (Lipinski definition) is 2. The number of nitrogens with two attached hydrogens (primary N) is 1. The van der Waals surface area contributed by atoms with Crippen molar-refractivity contribution in [3.05, 3.63) is 28.8 Å². The Morgan fingerprint density at radius 2 is 1.80 bits per heavy atom. The van der Waals surface area contributed by atoms with Crippen LogP contribution in [-0.4, -0.2) is 24.4 Å². The van der Waals surface area contributed by atoms with Gasteiger partial charge in [0.1, 0.15) is 5.75 Å². The molecular weight excluding hydrogens is 271 g/mol. The Hall–Kier alpha value is -1.27. The van der Waals surface area contributed by atoms with Crippen molar-refractivity contribution in [3.63, 3.8) is 0 Å². The molecule has 0 aliphatic heterocycles. The molecule has 0 spiro atoms. The first-order chi connectivity index (χ1) is 9.09. The fourth-order valence-electron chi connectivity index (χ4n) is 2.28. The number of alkyl halides is 3. The lowest BCUT2D eigenvalue weighted by Gasteiger charge is -2.37. The van der Waals surface area contributed by atoms with E-state index in [0.29, 0.717) is 11.3 Å². The molecule has 0 saturated heterocycles. The molecule has 0 amide bonds. The third kappa shape index (κ3) is 2.62. The van der Waals surface area contributed by atoms with Crippen LogP contribution in [0.4, 0.5) is 13.2 Å². The summed E-state index contributed by atoms with van der Waals surface area (Å²) in [7, 11) is 1.44. The summed E-state index contributed by atoms with van der Waals surface area (Å²) in [5.41, 5.74) is 3.07. The first-order valence-corrected chi connectivity index (χ1v) is 6.29. The van der Waals surface area contributed by atoms with Crippen LogP contribution in [0.15, 0.2) is 12.1 Å². The van der Waals surface area contributed by atoms with Gasteiger partial charge in [0, 0.05) is 6.04 Å². The van der Waals surface area contributed by atoms with E-state index in [2.05, 4.69) is 0 Å². The molecular formula is C14H20F3NO2. The molecule has 2 unspecified atom stereocenters. The standard InChI is InChI=1S/C14H20F3NO2/c1-5-12(18)13(19,14(15,16)17)10-6-9(3)11(20-4)7-8(10)2/h6-7,12,19H,5,18H2,1-4H3. The summed E-state index contributed by atoms with van der Waals surface area (Å²) in [4.78, 5) is 0. The number of ether oxygens (including phenoxy) is 1. The van der Waals surface area contributed by atoms with Crippen molar-refractivity contribution in [1.29, 1.82) is 0 Å². The van der Waals surface area contributed by atoms with Gasteiger partial charge in [-0.1, -0.05) is 6.92 Å². The van der Waals surface area contributed by atoms with E-state index in [1.807, 2.05) is 0 Å². The summed E-state index contributed by atoms with van der Waals surface area (Å²) >= 11 is 0. The van der Waals surface area contributed by atoms with E-state index in [0.717, 1.165) is 0 Å². The number of methoxy groups -OCH3 is 1. The van der Waals surface area contributed by atoms with Gasteiger partial charge in [-0.25, -0.2) is 0 Å². The van der Waals surface area contributed by atoms with Crippen molar-refractivity contribution in [2.45, 2.75) is 45.0 Å². The van der Waals surface area contributed by atoms with Crippen LogP contribution in [0, 0.1) is 13.8 Å². The molecule has 0 bridgehead atoms. The van der Waals surface area contributed by atoms with Crippen LogP contribution in [0.5, 0.6) is 5.75 Å². The minimum Gasteiger partial charge on any atom is -0.496 e. The van der Waals surface area contributed by atoms with Crippen molar-refractivity contribution < 1.29 is 23.0 Å². The molecule has 0 radical (unpaired) electrons. The monoisotopic (exact) mass is 291 g/mol. The molecule has 0 aliphatic rings. The van der Waals surface area contributed by atoms with E-state index in [-0.39, 0.29) is 17.5 Å². The fourth-order valence-corrected chi connectivity index (χ4v) is 2.28. The van der Waals surface area contributed by atoms with Gasteiger partial charge in [-0.2, -0.15) is 13.2 Å². The molecule has 114 valence electrons. The molecule has 20 heavy (non-hydrogen) atoms. The zero-order valence-electron chi connectivity index (χ0n) is 12.0. The van der Waals surface area contributed by atoms with Gasteiger partial charge in [-0.3, -0.25) is 0 Å². The predicted molar refractivity (Wildman–Crippen MR) is 70.7 cm³/mol. The van der Waals surface area contributed by atoms with Crippen LogP contribution >= 0.6 is 0 Å². The van der Waals surface area contributed by atoms with Crippen LogP contribution in [0.25, 0.3) is 0 Å². The maximum Gasteiger partial charge on any atom is 0.423 e. The van der Waals surface area contributed by atoms with Crippen molar-refractivity contribution in [2.75, 3.05) is 7.11 Å². The number of benzene rings is 1. The highest BCUT2D eigenvalue weighted by Crippen LogP contribution is 2.44. The normalized spacial score (nSPS) is 16.6. The maximum atomic E-state index is 13.4. The lowest BCUT2D eigenvalue weighted by Crippen LogP contribution is -2.55. The summed E-state index contributed by atoms with van der Waals surface area (Å²) in [5.74, 6) is 0.473. The van der Waals surface area contributed by atoms with E-state index in [1.54, 1.807) is 6.92 Å². The molecule has 3 nitrogen and oxygen atoms in total. The number of aliphatic hydroxyl groups is 1. The van der Waals surface area contributed by atoms with Crippen LogP contribution in [-0.2, 0) is 5.60 Å². The van der Waals surface area contributed by atoms with Gasteiger partial charge >= 0.3 is 6.18 Å². The number of rotatable bonds is 4. The van der Waals surface area contributed by atoms with Gasteiger partial charge in [0.05, 0.1) is 7.11 Å². The molecule has 0 fully saturated rings. The zero-order valence-corrected chi connectivity index (χ0v) is 12.0. The number of aryl methyl sites for hydroxylation is 2. The van der Waals surface area contributed by atoms with E-state index in [4.69, 9.17) is 10.5 Å². The highest BCUT2D eigenvalue weighted by Gasteiger charge is 2.58. The average Bonchev–Trinajstić information content (AvgIpc) is 2.37. The fraction of sp³-hybridized carbons (Fsp3) is 0.571. The molecule has 1 aromatic carbocycles. The summed E-state index contributed by atoms with van der Waals surface area (Å²) in [6.07, 6.45) is -4.85. The Morgan fingerprint density at radius 3 is 2.20 bits per heavy atom. The second-order valence-electron chi connectivity index (χ2n) is 4.92. The Kier molecular flexibility index (Phi) is 4.71. The highest BCUT2D eigenvalue weighted by molar-refractivity contribution is 5.45.